The summed E-state index contributed by atoms with van der Waals surface area (Å²) in [6.07, 6.45) is 5.27. The van der Waals surface area contributed by atoms with Crippen molar-refractivity contribution < 1.29 is 18.6 Å². The van der Waals surface area contributed by atoms with Gasteiger partial charge in [-0.05, 0) is 56.5 Å². The second-order valence-corrected chi connectivity index (χ2v) is 10.3. The van der Waals surface area contributed by atoms with Gasteiger partial charge in [0, 0.05) is 28.2 Å². The maximum absolute atomic E-state index is 13.1. The number of nitrogens with one attached hydrogen (secondary N) is 2. The summed E-state index contributed by atoms with van der Waals surface area (Å²) in [5, 5.41) is 5.73. The predicted molar refractivity (Wildman–Crippen MR) is 136 cm³/mol. The van der Waals surface area contributed by atoms with Gasteiger partial charge >= 0.3 is 0 Å². The number of carbonyl (C=O) groups excluding carboxylic acids is 3. The van der Waals surface area contributed by atoms with E-state index in [9.17, 15) is 18.6 Å². The molecule has 2 N–H and O–H groups in total. The van der Waals surface area contributed by atoms with Gasteiger partial charge in [0.25, 0.3) is 0 Å². The van der Waals surface area contributed by atoms with Crippen molar-refractivity contribution in [3.05, 3.63) is 59.7 Å². The van der Waals surface area contributed by atoms with Crippen molar-refractivity contribution >= 4 is 39.9 Å². The van der Waals surface area contributed by atoms with Crippen LogP contribution in [0.5, 0.6) is 0 Å². The van der Waals surface area contributed by atoms with Crippen LogP contribution in [0.2, 0.25) is 0 Å². The van der Waals surface area contributed by atoms with Gasteiger partial charge in [-0.2, -0.15) is 0 Å². The highest BCUT2D eigenvalue weighted by Crippen LogP contribution is 2.19. The van der Waals surface area contributed by atoms with Crippen LogP contribution in [-0.2, 0) is 25.2 Å². The first-order chi connectivity index (χ1) is 16.3. The van der Waals surface area contributed by atoms with Crippen molar-refractivity contribution in [2.24, 2.45) is 0 Å². The summed E-state index contributed by atoms with van der Waals surface area (Å²) in [7, 11) is -1.71. The number of aryl methyl sites for hydroxylation is 2. The Balaban J connectivity index is 1.61. The summed E-state index contributed by atoms with van der Waals surface area (Å²) in [5.41, 5.74) is 3.20. The molecule has 1 atom stereocenters. The molecule has 3 rings (SSSR count). The standard InChI is InChI=1S/C26H33N3O4S/c1-19-11-13-22(14-12-19)28-25(31)17-34(33)18-26(32)29(23-10-6-7-20(2)15-23)16-24(30)27-21-8-4-3-5-9-21/h6-7,10-15,21H,3-5,8-9,16-18H2,1-2H3,(H,27,30)(H,28,31)/t34-/m1/s1. The molecule has 8 heteroatoms. The monoisotopic (exact) mass is 483 g/mol. The van der Waals surface area contributed by atoms with E-state index in [1.165, 1.54) is 11.3 Å². The average Bonchev–Trinajstić information content (AvgIpc) is 2.79. The quantitative estimate of drug-likeness (QED) is 0.571. The minimum atomic E-state index is -1.71. The number of benzene rings is 2. The zero-order chi connectivity index (χ0) is 24.5. The molecule has 1 saturated carbocycles. The van der Waals surface area contributed by atoms with Crippen LogP contribution in [-0.4, -0.2) is 46.0 Å². The molecule has 1 aliphatic carbocycles. The minimum Gasteiger partial charge on any atom is -0.352 e. The number of amides is 3. The molecule has 0 bridgehead atoms. The summed E-state index contributed by atoms with van der Waals surface area (Å²) < 4.78 is 12.6. The van der Waals surface area contributed by atoms with E-state index >= 15 is 0 Å². The fraction of sp³-hybridized carbons (Fsp3) is 0.423. The molecule has 0 unspecified atom stereocenters. The summed E-state index contributed by atoms with van der Waals surface area (Å²) >= 11 is 0. The van der Waals surface area contributed by atoms with Gasteiger partial charge in [0.1, 0.15) is 18.1 Å². The van der Waals surface area contributed by atoms with E-state index in [2.05, 4.69) is 10.6 Å². The van der Waals surface area contributed by atoms with Crippen LogP contribution in [0.3, 0.4) is 0 Å². The van der Waals surface area contributed by atoms with Gasteiger partial charge in [-0.3, -0.25) is 18.6 Å². The Labute approximate surface area is 203 Å². The zero-order valence-electron chi connectivity index (χ0n) is 19.8. The number of rotatable bonds is 9. The lowest BCUT2D eigenvalue weighted by Gasteiger charge is -2.26. The van der Waals surface area contributed by atoms with Gasteiger partial charge in [-0.25, -0.2) is 0 Å². The fourth-order valence-electron chi connectivity index (χ4n) is 4.03. The highest BCUT2D eigenvalue weighted by molar-refractivity contribution is 7.86. The van der Waals surface area contributed by atoms with Crippen LogP contribution in [0, 0.1) is 13.8 Å². The molecule has 34 heavy (non-hydrogen) atoms. The molecule has 0 aromatic heterocycles. The van der Waals surface area contributed by atoms with Crippen LogP contribution in [0.15, 0.2) is 48.5 Å². The third-order valence-corrected chi connectivity index (χ3v) is 6.95. The maximum Gasteiger partial charge on any atom is 0.240 e. The van der Waals surface area contributed by atoms with Crippen LogP contribution in [0.25, 0.3) is 0 Å². The topological polar surface area (TPSA) is 95.6 Å². The number of hydrogen-bond acceptors (Lipinski definition) is 4. The first kappa shape index (κ1) is 25.6. The highest BCUT2D eigenvalue weighted by atomic mass is 32.2. The Bertz CT molecular complexity index is 1030. The van der Waals surface area contributed by atoms with Crippen molar-refractivity contribution in [3.8, 4) is 0 Å². The van der Waals surface area contributed by atoms with Crippen molar-refractivity contribution in [2.45, 2.75) is 52.0 Å². The SMILES string of the molecule is Cc1ccc(NC(=O)C[S@@](=O)CC(=O)N(CC(=O)NC2CCCCC2)c2cccc(C)c2)cc1. The zero-order valence-corrected chi connectivity index (χ0v) is 20.7. The van der Waals surface area contributed by atoms with Crippen LogP contribution >= 0.6 is 0 Å². The molecule has 0 aliphatic heterocycles. The normalized spacial score (nSPS) is 14.8. The smallest absolute Gasteiger partial charge is 0.240 e. The molecule has 2 aromatic rings. The van der Waals surface area contributed by atoms with Gasteiger partial charge in [0.2, 0.25) is 17.7 Å². The number of nitrogens with zero attached hydrogens (tertiary/aromatic N) is 1. The van der Waals surface area contributed by atoms with Crippen molar-refractivity contribution in [1.29, 1.82) is 0 Å². The Hall–Kier alpha value is -3.00. The highest BCUT2D eigenvalue weighted by Gasteiger charge is 2.24. The van der Waals surface area contributed by atoms with E-state index in [0.717, 1.165) is 36.8 Å². The van der Waals surface area contributed by atoms with E-state index in [0.29, 0.717) is 11.4 Å². The predicted octanol–water partition coefficient (Wildman–Crippen LogP) is 3.47. The Morgan fingerprint density at radius 1 is 0.912 bits per heavy atom. The molecule has 1 fully saturated rings. The molecule has 182 valence electrons. The van der Waals surface area contributed by atoms with Crippen molar-refractivity contribution in [2.75, 3.05) is 28.3 Å². The van der Waals surface area contributed by atoms with Crippen molar-refractivity contribution in [3.63, 3.8) is 0 Å². The molecular formula is C26H33N3O4S. The Kier molecular flexibility index (Phi) is 9.39. The van der Waals surface area contributed by atoms with E-state index in [4.69, 9.17) is 0 Å². The third kappa shape index (κ3) is 8.09. The van der Waals surface area contributed by atoms with E-state index in [-0.39, 0.29) is 30.0 Å². The van der Waals surface area contributed by atoms with Gasteiger partial charge in [-0.1, -0.05) is 49.1 Å². The molecule has 2 aromatic carbocycles. The molecular weight excluding hydrogens is 450 g/mol. The fourth-order valence-corrected chi connectivity index (χ4v) is 4.93. The molecule has 0 spiro atoms. The summed E-state index contributed by atoms with van der Waals surface area (Å²) in [6.45, 7) is 3.70. The van der Waals surface area contributed by atoms with Gasteiger partial charge in [0.15, 0.2) is 0 Å². The number of carbonyl (C=O) groups is 3. The molecule has 0 heterocycles. The first-order valence-electron chi connectivity index (χ1n) is 11.7. The van der Waals surface area contributed by atoms with Gasteiger partial charge < -0.3 is 15.5 Å². The van der Waals surface area contributed by atoms with Crippen molar-refractivity contribution in [1.82, 2.24) is 5.32 Å². The van der Waals surface area contributed by atoms with E-state index in [1.54, 1.807) is 18.2 Å². The second-order valence-electron chi connectivity index (χ2n) is 8.86. The second kappa shape index (κ2) is 12.5. The lowest BCUT2D eigenvalue weighted by Crippen LogP contribution is -2.46. The lowest BCUT2D eigenvalue weighted by atomic mass is 9.95. The Morgan fingerprint density at radius 3 is 2.29 bits per heavy atom. The molecule has 3 amide bonds. The molecule has 0 saturated heterocycles. The minimum absolute atomic E-state index is 0.135. The van der Waals surface area contributed by atoms with Gasteiger partial charge in [0.05, 0.1) is 0 Å². The summed E-state index contributed by atoms with van der Waals surface area (Å²) in [6, 6.07) is 14.7. The lowest BCUT2D eigenvalue weighted by molar-refractivity contribution is -0.123. The first-order valence-corrected chi connectivity index (χ1v) is 13.2. The van der Waals surface area contributed by atoms with Gasteiger partial charge in [-0.15, -0.1) is 0 Å². The van der Waals surface area contributed by atoms with E-state index in [1.807, 2.05) is 44.2 Å². The largest absolute Gasteiger partial charge is 0.352 e. The summed E-state index contributed by atoms with van der Waals surface area (Å²) in [4.78, 5) is 39.5. The van der Waals surface area contributed by atoms with Crippen LogP contribution in [0.4, 0.5) is 11.4 Å². The molecule has 1 aliphatic rings. The summed E-state index contributed by atoms with van der Waals surface area (Å²) in [5.74, 6) is -1.75. The van der Waals surface area contributed by atoms with E-state index < -0.39 is 22.6 Å². The Morgan fingerprint density at radius 2 is 1.62 bits per heavy atom. The number of hydrogen-bond donors (Lipinski definition) is 2. The van der Waals surface area contributed by atoms with Crippen LogP contribution < -0.4 is 15.5 Å². The number of anilines is 2. The maximum atomic E-state index is 13.1. The average molecular weight is 484 g/mol. The molecule has 0 radical (unpaired) electrons. The molecule has 7 nitrogen and oxygen atoms in total. The van der Waals surface area contributed by atoms with Crippen LogP contribution in [0.1, 0.15) is 43.2 Å². The third-order valence-electron chi connectivity index (χ3n) is 5.80.